The van der Waals surface area contributed by atoms with Gasteiger partial charge in [-0.15, -0.1) is 5.10 Å². The van der Waals surface area contributed by atoms with Crippen LogP contribution in [-0.2, 0) is 17.8 Å². The lowest BCUT2D eigenvalue weighted by molar-refractivity contribution is -0.144. The van der Waals surface area contributed by atoms with Gasteiger partial charge in [-0.2, -0.15) is 0 Å². The molecule has 1 saturated heterocycles. The number of nitrogens with zero attached hydrogens (tertiary/aromatic N) is 8. The molecule has 3 fully saturated rings. The molecule has 1 unspecified atom stereocenters. The van der Waals surface area contributed by atoms with Crippen LogP contribution in [0.2, 0.25) is 0 Å². The molecule has 0 radical (unpaired) electrons. The van der Waals surface area contributed by atoms with Crippen molar-refractivity contribution >= 4 is 17.5 Å². The van der Waals surface area contributed by atoms with E-state index in [1.165, 1.54) is 5.56 Å². The van der Waals surface area contributed by atoms with Crippen LogP contribution in [0, 0.1) is 11.3 Å². The maximum absolute atomic E-state index is 13.6. The van der Waals surface area contributed by atoms with E-state index in [0.29, 0.717) is 30.2 Å². The van der Waals surface area contributed by atoms with Crippen LogP contribution in [0.15, 0.2) is 48.9 Å². The predicted octanol–water partition coefficient (Wildman–Crippen LogP) is 1.62. The molecule has 10 nitrogen and oxygen atoms in total. The number of aromatic nitrogens is 5. The Hall–Kier alpha value is -3.53. The van der Waals surface area contributed by atoms with Gasteiger partial charge in [-0.1, -0.05) is 35.5 Å². The number of amides is 1. The first-order chi connectivity index (χ1) is 17.4. The molecule has 0 bridgehead atoms. The molecule has 1 aromatic carbocycles. The second-order valence-corrected chi connectivity index (χ2v) is 10.7. The number of benzene rings is 1. The fraction of sp³-hybridized carbons (Fsp3) is 0.500. The molecule has 2 aliphatic carbocycles. The molecule has 1 aliphatic heterocycles. The fourth-order valence-corrected chi connectivity index (χ4v) is 5.99. The molecule has 2 saturated carbocycles. The van der Waals surface area contributed by atoms with Crippen molar-refractivity contribution in [3.05, 3.63) is 60.2 Å². The van der Waals surface area contributed by atoms with Crippen LogP contribution in [0.1, 0.15) is 30.1 Å². The number of rotatable bonds is 7. The topological polar surface area (TPSA) is 109 Å². The lowest BCUT2D eigenvalue weighted by Crippen LogP contribution is -2.56. The molecule has 2 aromatic heterocycles. The number of anilines is 2. The Kier molecular flexibility index (Phi) is 5.63. The highest BCUT2D eigenvalue weighted by Gasteiger charge is 2.73. The van der Waals surface area contributed by atoms with Crippen LogP contribution in [-0.4, -0.2) is 80.4 Å². The molecule has 188 valence electrons. The molecule has 1 amide bonds. The Morgan fingerprint density at radius 1 is 1.17 bits per heavy atom. The van der Waals surface area contributed by atoms with Crippen LogP contribution in [0.3, 0.4) is 0 Å². The zero-order chi connectivity index (χ0) is 24.9. The summed E-state index contributed by atoms with van der Waals surface area (Å²) in [6.07, 6.45) is 7.99. The Bertz CT molecular complexity index is 1230. The first-order valence-electron chi connectivity index (χ1n) is 12.7. The van der Waals surface area contributed by atoms with E-state index >= 15 is 0 Å². The molecule has 0 spiro atoms. The highest BCUT2D eigenvalue weighted by atomic mass is 16.2. The van der Waals surface area contributed by atoms with Crippen molar-refractivity contribution in [1.82, 2.24) is 34.8 Å². The van der Waals surface area contributed by atoms with Gasteiger partial charge in [-0.3, -0.25) is 9.69 Å². The second-order valence-electron chi connectivity index (χ2n) is 10.7. The van der Waals surface area contributed by atoms with Crippen molar-refractivity contribution in [2.24, 2.45) is 11.3 Å². The summed E-state index contributed by atoms with van der Waals surface area (Å²) in [5.74, 6) is 1.84. The smallest absolute Gasteiger partial charge is 0.229 e. The molecule has 10 heteroatoms. The molecule has 4 atom stereocenters. The van der Waals surface area contributed by atoms with Gasteiger partial charge in [0.25, 0.3) is 0 Å². The van der Waals surface area contributed by atoms with E-state index in [1.54, 1.807) is 12.4 Å². The number of hydrogen-bond donors (Lipinski definition) is 1. The molecule has 6 rings (SSSR count). The minimum Gasteiger partial charge on any atom is -0.382 e. The van der Waals surface area contributed by atoms with Gasteiger partial charge in [0.15, 0.2) is 0 Å². The minimum absolute atomic E-state index is 0.180. The summed E-state index contributed by atoms with van der Waals surface area (Å²) in [5, 5.41) is 8.77. The number of likely N-dealkylation sites (N-methyl/N-ethyl adjacent to an activating group) is 1. The number of hydrogen-bond acceptors (Lipinski definition) is 8. The molecule has 2 N–H and O–H groups in total. The van der Waals surface area contributed by atoms with E-state index in [1.807, 2.05) is 28.9 Å². The van der Waals surface area contributed by atoms with Crippen LogP contribution in [0.4, 0.5) is 11.6 Å². The van der Waals surface area contributed by atoms with Gasteiger partial charge in [0.1, 0.15) is 17.3 Å². The largest absolute Gasteiger partial charge is 0.382 e. The Labute approximate surface area is 211 Å². The van der Waals surface area contributed by atoms with Gasteiger partial charge >= 0.3 is 0 Å². The van der Waals surface area contributed by atoms with E-state index in [0.717, 1.165) is 50.4 Å². The number of nitrogen functional groups attached to an aromatic ring is 1. The van der Waals surface area contributed by atoms with Crippen molar-refractivity contribution < 1.29 is 4.79 Å². The average molecular weight is 488 g/mol. The van der Waals surface area contributed by atoms with Gasteiger partial charge < -0.3 is 15.5 Å². The van der Waals surface area contributed by atoms with Crippen LogP contribution in [0.5, 0.6) is 0 Å². The Morgan fingerprint density at radius 3 is 2.75 bits per heavy atom. The normalized spacial score (nSPS) is 27.3. The number of fused-ring (bicyclic) bond motifs is 1. The minimum atomic E-state index is -0.180. The summed E-state index contributed by atoms with van der Waals surface area (Å²) in [4.78, 5) is 28.5. The zero-order valence-electron chi connectivity index (χ0n) is 20.9. The summed E-state index contributed by atoms with van der Waals surface area (Å²) in [6, 6.07) is 11.2. The highest BCUT2D eigenvalue weighted by molar-refractivity contribution is 5.88. The van der Waals surface area contributed by atoms with Crippen LogP contribution >= 0.6 is 0 Å². The standard InChI is InChI=1S/C26H33N9O/c1-32-8-9-34(17-20(32)10-18-6-4-3-5-7-18)25(36)26-11-21(26)22(12-26)35-16-19(30-31-35)15-33(2)24-14-28-23(27)13-29-24/h3-7,13-14,16,20-22H,8-12,15,17H2,1-2H3,(H2,27,28)/t20?,21-,22+,26-/m0/s1. The number of nitrogens with two attached hydrogens (primary N) is 1. The van der Waals surface area contributed by atoms with Gasteiger partial charge in [0.05, 0.1) is 36.6 Å². The maximum atomic E-state index is 13.6. The lowest BCUT2D eigenvalue weighted by Gasteiger charge is -2.43. The van der Waals surface area contributed by atoms with Crippen molar-refractivity contribution in [2.45, 2.75) is 37.9 Å². The first kappa shape index (κ1) is 22.9. The van der Waals surface area contributed by atoms with Crippen molar-refractivity contribution in [3.8, 4) is 0 Å². The van der Waals surface area contributed by atoms with Gasteiger partial charge in [-0.05, 0) is 37.8 Å². The van der Waals surface area contributed by atoms with Gasteiger partial charge in [0, 0.05) is 32.7 Å². The van der Waals surface area contributed by atoms with Crippen molar-refractivity contribution in [3.63, 3.8) is 0 Å². The molecular weight excluding hydrogens is 454 g/mol. The van der Waals surface area contributed by atoms with E-state index in [-0.39, 0.29) is 11.5 Å². The maximum Gasteiger partial charge on any atom is 0.229 e. The van der Waals surface area contributed by atoms with Gasteiger partial charge in [0.2, 0.25) is 5.91 Å². The Morgan fingerprint density at radius 2 is 2.00 bits per heavy atom. The summed E-state index contributed by atoms with van der Waals surface area (Å²) in [5.41, 5.74) is 7.64. The molecular formula is C26H33N9O. The van der Waals surface area contributed by atoms with Crippen molar-refractivity contribution in [1.29, 1.82) is 0 Å². The monoisotopic (exact) mass is 487 g/mol. The SMILES string of the molecule is CN(Cc1cn([C@@H]2C[C@@]3(C(=O)N4CCN(C)C(Cc5ccccc5)C4)C[C@@H]23)nn1)c1cnc(N)cn1. The summed E-state index contributed by atoms with van der Waals surface area (Å²) in [6.45, 7) is 3.11. The number of carbonyl (C=O) groups is 1. The quantitative estimate of drug-likeness (QED) is 0.536. The van der Waals surface area contributed by atoms with E-state index in [4.69, 9.17) is 5.73 Å². The van der Waals surface area contributed by atoms with Crippen LogP contribution < -0.4 is 10.6 Å². The third-order valence-electron chi connectivity index (χ3n) is 8.32. The molecule has 3 aromatic rings. The first-order valence-corrected chi connectivity index (χ1v) is 12.7. The van der Waals surface area contributed by atoms with Crippen molar-refractivity contribution in [2.75, 3.05) is 44.4 Å². The average Bonchev–Trinajstić information content (AvgIpc) is 3.21. The van der Waals surface area contributed by atoms with E-state index in [2.05, 4.69) is 61.4 Å². The lowest BCUT2D eigenvalue weighted by atomic mass is 9.78. The summed E-state index contributed by atoms with van der Waals surface area (Å²) in [7, 11) is 4.11. The Balaban J connectivity index is 1.05. The fourth-order valence-electron chi connectivity index (χ4n) is 5.99. The third kappa shape index (κ3) is 4.09. The van der Waals surface area contributed by atoms with Crippen LogP contribution in [0.25, 0.3) is 0 Å². The third-order valence-corrected chi connectivity index (χ3v) is 8.32. The van der Waals surface area contributed by atoms with E-state index in [9.17, 15) is 4.79 Å². The highest BCUT2D eigenvalue weighted by Crippen LogP contribution is 2.73. The molecule has 3 aliphatic rings. The molecule has 36 heavy (non-hydrogen) atoms. The number of carbonyl (C=O) groups excluding carboxylic acids is 1. The number of piperazine rings is 1. The molecule has 3 heterocycles. The summed E-state index contributed by atoms with van der Waals surface area (Å²) < 4.78 is 1.96. The van der Waals surface area contributed by atoms with E-state index < -0.39 is 0 Å². The predicted molar refractivity (Wildman–Crippen MR) is 136 cm³/mol. The van der Waals surface area contributed by atoms with Gasteiger partial charge in [-0.25, -0.2) is 14.6 Å². The summed E-state index contributed by atoms with van der Waals surface area (Å²) >= 11 is 0. The second kappa shape index (κ2) is 8.85. The zero-order valence-corrected chi connectivity index (χ0v) is 20.9.